The highest BCUT2D eigenvalue weighted by Gasteiger charge is 2.45. The molecule has 1 aliphatic rings. The normalized spacial score (nSPS) is 12.2. The van der Waals surface area contributed by atoms with Gasteiger partial charge in [0.25, 0.3) is 0 Å². The molecule has 0 saturated carbocycles. The molecule has 1 unspecified atom stereocenters. The number of hydrogen-bond acceptors (Lipinski definition) is 5. The van der Waals surface area contributed by atoms with Gasteiger partial charge in [-0.1, -0.05) is 266 Å². The Labute approximate surface area is 524 Å². The number of benzene rings is 12. The molecule has 1 N–H and O–H groups in total. The molecule has 0 fully saturated rings. The van der Waals surface area contributed by atoms with Gasteiger partial charge in [-0.2, -0.15) is 0 Å². The van der Waals surface area contributed by atoms with Crippen LogP contribution in [0.15, 0.2) is 339 Å². The first-order chi connectivity index (χ1) is 41.1. The molecule has 84 heavy (non-hydrogen) atoms. The number of ketones is 1. The number of rotatable bonds is 11. The lowest BCUT2D eigenvalue weighted by Gasteiger charge is -2.41. The molecular weight excluding hydrogens is 1300 g/mol. The van der Waals surface area contributed by atoms with Crippen molar-refractivity contribution in [3.63, 3.8) is 0 Å². The molecular formula is C75H54Br4O5. The topological polar surface area (TPSA) is 65.0 Å². The zero-order chi connectivity index (χ0) is 58.1. The van der Waals surface area contributed by atoms with Crippen molar-refractivity contribution in [2.24, 2.45) is 0 Å². The quantitative estimate of drug-likeness (QED) is 0.103. The maximum atomic E-state index is 12.1. The van der Waals surface area contributed by atoms with E-state index in [0.29, 0.717) is 16.9 Å². The van der Waals surface area contributed by atoms with Crippen LogP contribution in [0.5, 0.6) is 34.5 Å². The van der Waals surface area contributed by atoms with Gasteiger partial charge in [-0.05, 0) is 141 Å². The highest BCUT2D eigenvalue weighted by Crippen LogP contribution is 2.55. The molecule has 1 atom stereocenters. The first kappa shape index (κ1) is 58.8. The van der Waals surface area contributed by atoms with Crippen molar-refractivity contribution in [3.05, 3.63) is 389 Å². The fourth-order valence-electron chi connectivity index (χ4n) is 9.99. The summed E-state index contributed by atoms with van der Waals surface area (Å²) in [7, 11) is 0. The van der Waals surface area contributed by atoms with Gasteiger partial charge in [0.2, 0.25) is 0 Å². The summed E-state index contributed by atoms with van der Waals surface area (Å²) in [6.07, 6.45) is 0. The van der Waals surface area contributed by atoms with Crippen LogP contribution in [0.1, 0.15) is 54.9 Å². The van der Waals surface area contributed by atoms with Gasteiger partial charge in [-0.25, -0.2) is 0 Å². The van der Waals surface area contributed by atoms with Crippen LogP contribution in [0.4, 0.5) is 0 Å². The average molecular weight is 1350 g/mol. The molecule has 1 aliphatic heterocycles. The van der Waals surface area contributed by atoms with Crippen molar-refractivity contribution >= 4 is 69.5 Å². The fraction of sp³-hybridized carbons (Fsp3) is 0.0267. The summed E-state index contributed by atoms with van der Waals surface area (Å²) >= 11 is 13.8. The third kappa shape index (κ3) is 13.8. The Bertz CT molecular complexity index is 4000. The first-order valence-corrected chi connectivity index (χ1v) is 30.2. The van der Waals surface area contributed by atoms with Crippen LogP contribution in [0.3, 0.4) is 0 Å². The summed E-state index contributed by atoms with van der Waals surface area (Å²) in [6, 6.07) is 105. The highest BCUT2D eigenvalue weighted by molar-refractivity contribution is 9.11. The number of para-hydroxylation sites is 6. The van der Waals surface area contributed by atoms with Crippen molar-refractivity contribution < 1.29 is 24.1 Å². The zero-order valence-corrected chi connectivity index (χ0v) is 51.5. The second-order valence-electron chi connectivity index (χ2n) is 19.3. The molecule has 0 spiro atoms. The van der Waals surface area contributed by atoms with Gasteiger partial charge in [-0.15, -0.1) is 0 Å². The van der Waals surface area contributed by atoms with Gasteiger partial charge < -0.3 is 19.3 Å². The van der Waals surface area contributed by atoms with Crippen LogP contribution >= 0.6 is 63.7 Å². The van der Waals surface area contributed by atoms with E-state index in [2.05, 4.69) is 155 Å². The summed E-state index contributed by atoms with van der Waals surface area (Å²) in [5.41, 5.74) is 6.68. The van der Waals surface area contributed by atoms with Crippen molar-refractivity contribution in [3.8, 4) is 34.5 Å². The van der Waals surface area contributed by atoms with Crippen LogP contribution in [0.2, 0.25) is 0 Å². The maximum Gasteiger partial charge on any atom is 0.193 e. The van der Waals surface area contributed by atoms with Crippen LogP contribution in [0, 0.1) is 0 Å². The summed E-state index contributed by atoms with van der Waals surface area (Å²) in [6.45, 7) is 0. The molecule has 5 nitrogen and oxygen atoms in total. The third-order valence-electron chi connectivity index (χ3n) is 13.9. The monoisotopic (exact) mass is 1350 g/mol. The predicted octanol–water partition coefficient (Wildman–Crippen LogP) is 21.4. The van der Waals surface area contributed by atoms with Crippen molar-refractivity contribution in [1.29, 1.82) is 0 Å². The molecule has 0 aliphatic carbocycles. The molecule has 0 aromatic heterocycles. The zero-order valence-electron chi connectivity index (χ0n) is 45.2. The smallest absolute Gasteiger partial charge is 0.193 e. The Hall–Kier alpha value is -8.41. The molecule has 12 aromatic carbocycles. The molecule has 12 aromatic rings. The molecule has 0 saturated heterocycles. The standard InChI is InChI=1S/C25H19BrO2.C25H17BrO.C13H9BrO.C12H9BrO/c26-21-17-15-20(16-18-21)25(27,19-9-3-1-4-10-19)23-13-7-8-14-24(23)28-22-11-5-2-6-12-22;26-20-16-14-19(15-17-20)25(18-8-2-1-3-9-18)21-10-4-6-12-23(21)27-24-13-7-5-11-22(24)25;14-12-8-6-11(7-9-12)13(15)10-4-2-1-3-5-10;13-11-8-4-5-9-12(11)14-10-6-2-1-3-7-10/h1-18,27H;1-17H;1-9H;1-9H. The largest absolute Gasteiger partial charge is 0.457 e. The molecule has 0 radical (unpaired) electrons. The summed E-state index contributed by atoms with van der Waals surface area (Å²) in [4.78, 5) is 11.9. The number of hydrogen-bond donors (Lipinski definition) is 1. The van der Waals surface area contributed by atoms with E-state index in [-0.39, 0.29) is 5.78 Å². The Morgan fingerprint density at radius 2 is 0.726 bits per heavy atom. The SMILES string of the molecule is Brc1ccc(C2(c3ccccc3)c3ccccc3Oc3ccccc32)cc1.Brc1ccccc1Oc1ccccc1.O=C(c1ccccc1)c1ccc(Br)cc1.OC(c1ccccc1)(c1ccc(Br)cc1)c1ccccc1Oc1ccccc1. The van der Waals surface area contributed by atoms with E-state index in [1.807, 2.05) is 231 Å². The number of ether oxygens (including phenoxy) is 3. The van der Waals surface area contributed by atoms with Gasteiger partial charge in [0, 0.05) is 41.2 Å². The number of halogens is 4. The Balaban J connectivity index is 0.000000131. The van der Waals surface area contributed by atoms with Gasteiger partial charge in [0.15, 0.2) is 5.78 Å². The third-order valence-corrected chi connectivity index (χ3v) is 16.2. The number of fused-ring (bicyclic) bond motifs is 2. The van der Waals surface area contributed by atoms with E-state index in [9.17, 15) is 9.90 Å². The van der Waals surface area contributed by atoms with E-state index in [0.717, 1.165) is 74.5 Å². The molecule has 1 heterocycles. The van der Waals surface area contributed by atoms with Crippen LogP contribution < -0.4 is 14.2 Å². The average Bonchev–Trinajstić information content (AvgIpc) is 1.21. The van der Waals surface area contributed by atoms with Gasteiger partial charge in [0.1, 0.15) is 40.1 Å². The molecule has 0 bridgehead atoms. The number of aliphatic hydroxyl groups is 1. The predicted molar refractivity (Wildman–Crippen MR) is 353 cm³/mol. The Morgan fingerprint density at radius 1 is 0.357 bits per heavy atom. The lowest BCUT2D eigenvalue weighted by Crippen LogP contribution is -2.34. The molecule has 0 amide bonds. The first-order valence-electron chi connectivity index (χ1n) is 27.0. The van der Waals surface area contributed by atoms with Crippen molar-refractivity contribution in [2.75, 3.05) is 0 Å². The minimum absolute atomic E-state index is 0.0584. The Morgan fingerprint density at radius 3 is 1.26 bits per heavy atom. The van der Waals surface area contributed by atoms with E-state index < -0.39 is 11.0 Å². The van der Waals surface area contributed by atoms with Crippen LogP contribution in [-0.2, 0) is 11.0 Å². The molecule has 9 heteroatoms. The minimum atomic E-state index is -1.35. The lowest BCUT2D eigenvalue weighted by molar-refractivity contribution is 0.103. The fourth-order valence-corrected chi connectivity index (χ4v) is 11.1. The maximum absolute atomic E-state index is 12.1. The number of carbonyl (C=O) groups excluding carboxylic acids is 1. The van der Waals surface area contributed by atoms with Crippen molar-refractivity contribution in [2.45, 2.75) is 11.0 Å². The van der Waals surface area contributed by atoms with E-state index in [1.165, 1.54) is 11.1 Å². The van der Waals surface area contributed by atoms with E-state index in [4.69, 9.17) is 14.2 Å². The van der Waals surface area contributed by atoms with E-state index in [1.54, 1.807) is 0 Å². The summed E-state index contributed by atoms with van der Waals surface area (Å²) in [5.74, 6) is 4.89. The minimum Gasteiger partial charge on any atom is -0.457 e. The van der Waals surface area contributed by atoms with Crippen LogP contribution in [-0.4, -0.2) is 10.9 Å². The summed E-state index contributed by atoms with van der Waals surface area (Å²) < 4.78 is 22.1. The lowest BCUT2D eigenvalue weighted by atomic mass is 9.64. The van der Waals surface area contributed by atoms with Gasteiger partial charge in [0.05, 0.1) is 9.89 Å². The summed E-state index contributed by atoms with van der Waals surface area (Å²) in [5, 5.41) is 12.1. The molecule has 13 rings (SSSR count). The number of carbonyl (C=O) groups is 1. The van der Waals surface area contributed by atoms with Gasteiger partial charge >= 0.3 is 0 Å². The second-order valence-corrected chi connectivity index (χ2v) is 22.9. The van der Waals surface area contributed by atoms with Crippen molar-refractivity contribution in [1.82, 2.24) is 0 Å². The highest BCUT2D eigenvalue weighted by atomic mass is 79.9. The van der Waals surface area contributed by atoms with Gasteiger partial charge in [-0.3, -0.25) is 4.79 Å². The molecule has 412 valence electrons. The Kier molecular flexibility index (Phi) is 19.8. The van der Waals surface area contributed by atoms with Crippen LogP contribution in [0.25, 0.3) is 0 Å². The van der Waals surface area contributed by atoms with E-state index >= 15 is 0 Å². The second kappa shape index (κ2) is 28.2.